The van der Waals surface area contributed by atoms with Gasteiger partial charge in [-0.2, -0.15) is 0 Å². The Morgan fingerprint density at radius 1 is 1.42 bits per heavy atom. The Morgan fingerprint density at radius 3 is 2.89 bits per heavy atom. The van der Waals surface area contributed by atoms with Gasteiger partial charge >= 0.3 is 0 Å². The third-order valence-corrected chi connectivity index (χ3v) is 3.83. The number of hydrogen-bond acceptors (Lipinski definition) is 3. The fourth-order valence-electron chi connectivity index (χ4n) is 2.68. The van der Waals surface area contributed by atoms with Crippen LogP contribution in [0.5, 0.6) is 0 Å². The standard InChI is InChI=1S/C14H17N3O2/c1-17-7-6-11(14(17)19)16-13(18)12-8-9-4-2-3-5-10(9)15-12/h2-5,11-12,15H,6-8H2,1H3,(H,16,18)/t11?,12-/m0/s1. The lowest BCUT2D eigenvalue weighted by atomic mass is 10.1. The first-order valence-electron chi connectivity index (χ1n) is 6.55. The molecule has 1 aromatic carbocycles. The highest BCUT2D eigenvalue weighted by atomic mass is 16.2. The minimum atomic E-state index is -0.358. The van der Waals surface area contributed by atoms with Crippen molar-refractivity contribution in [2.24, 2.45) is 0 Å². The maximum Gasteiger partial charge on any atom is 0.244 e. The summed E-state index contributed by atoms with van der Waals surface area (Å²) in [6.07, 6.45) is 1.37. The second-order valence-electron chi connectivity index (χ2n) is 5.17. The smallest absolute Gasteiger partial charge is 0.244 e. The van der Waals surface area contributed by atoms with Gasteiger partial charge < -0.3 is 15.5 Å². The van der Waals surface area contributed by atoms with Gasteiger partial charge in [0.15, 0.2) is 0 Å². The molecule has 1 unspecified atom stereocenters. The molecule has 0 radical (unpaired) electrons. The zero-order valence-corrected chi connectivity index (χ0v) is 10.8. The average Bonchev–Trinajstić information content (AvgIpc) is 2.97. The normalized spacial score (nSPS) is 25.1. The van der Waals surface area contributed by atoms with Crippen molar-refractivity contribution in [3.05, 3.63) is 29.8 Å². The van der Waals surface area contributed by atoms with Crippen molar-refractivity contribution < 1.29 is 9.59 Å². The molecule has 2 heterocycles. The quantitative estimate of drug-likeness (QED) is 0.806. The van der Waals surface area contributed by atoms with E-state index in [1.165, 1.54) is 0 Å². The predicted molar refractivity (Wildman–Crippen MR) is 71.7 cm³/mol. The van der Waals surface area contributed by atoms with Crippen LogP contribution in [0.3, 0.4) is 0 Å². The van der Waals surface area contributed by atoms with Crippen molar-refractivity contribution in [2.45, 2.75) is 24.9 Å². The van der Waals surface area contributed by atoms with Crippen LogP contribution in [0.1, 0.15) is 12.0 Å². The van der Waals surface area contributed by atoms with Crippen molar-refractivity contribution >= 4 is 17.5 Å². The molecular formula is C14H17N3O2. The molecule has 3 rings (SSSR count). The lowest BCUT2D eigenvalue weighted by Crippen LogP contribution is -2.46. The number of hydrogen-bond donors (Lipinski definition) is 2. The molecule has 0 spiro atoms. The highest BCUT2D eigenvalue weighted by molar-refractivity contribution is 5.93. The van der Waals surface area contributed by atoms with E-state index in [1.54, 1.807) is 11.9 Å². The summed E-state index contributed by atoms with van der Waals surface area (Å²) < 4.78 is 0. The van der Waals surface area contributed by atoms with Crippen LogP contribution in [-0.2, 0) is 16.0 Å². The van der Waals surface area contributed by atoms with Gasteiger partial charge in [-0.15, -0.1) is 0 Å². The Morgan fingerprint density at radius 2 is 2.21 bits per heavy atom. The number of amides is 2. The van der Waals surface area contributed by atoms with Gasteiger partial charge in [-0.05, 0) is 18.1 Å². The number of carbonyl (C=O) groups excluding carboxylic acids is 2. The van der Waals surface area contributed by atoms with Gasteiger partial charge in [0, 0.05) is 25.7 Å². The fourth-order valence-corrected chi connectivity index (χ4v) is 2.68. The number of likely N-dealkylation sites (N-methyl/N-ethyl adjacent to an activating group) is 1. The summed E-state index contributed by atoms with van der Waals surface area (Å²) >= 11 is 0. The molecule has 1 fully saturated rings. The Hall–Kier alpha value is -2.04. The topological polar surface area (TPSA) is 61.4 Å². The summed E-state index contributed by atoms with van der Waals surface area (Å²) in [6.45, 7) is 0.710. The Bertz CT molecular complexity index is 504. The van der Waals surface area contributed by atoms with E-state index in [0.717, 1.165) is 11.3 Å². The number of anilines is 1. The molecule has 0 aliphatic carbocycles. The van der Waals surface area contributed by atoms with E-state index in [2.05, 4.69) is 10.6 Å². The fraction of sp³-hybridized carbons (Fsp3) is 0.429. The summed E-state index contributed by atoms with van der Waals surface area (Å²) in [6, 6.07) is 7.28. The van der Waals surface area contributed by atoms with E-state index in [9.17, 15) is 9.59 Å². The summed E-state index contributed by atoms with van der Waals surface area (Å²) in [5, 5.41) is 6.04. The number of fused-ring (bicyclic) bond motifs is 1. The largest absolute Gasteiger partial charge is 0.373 e. The van der Waals surface area contributed by atoms with E-state index in [1.807, 2.05) is 24.3 Å². The number of likely N-dealkylation sites (tertiary alicyclic amines) is 1. The Kier molecular flexibility index (Phi) is 2.89. The molecule has 2 N–H and O–H groups in total. The van der Waals surface area contributed by atoms with Crippen molar-refractivity contribution in [3.63, 3.8) is 0 Å². The Labute approximate surface area is 112 Å². The number of benzene rings is 1. The number of rotatable bonds is 2. The maximum atomic E-state index is 12.2. The van der Waals surface area contributed by atoms with Crippen LogP contribution >= 0.6 is 0 Å². The van der Waals surface area contributed by atoms with Crippen molar-refractivity contribution in [1.82, 2.24) is 10.2 Å². The van der Waals surface area contributed by atoms with E-state index in [4.69, 9.17) is 0 Å². The highest BCUT2D eigenvalue weighted by Gasteiger charge is 2.33. The maximum absolute atomic E-state index is 12.2. The molecule has 0 bridgehead atoms. The molecule has 1 saturated heterocycles. The van der Waals surface area contributed by atoms with E-state index in [-0.39, 0.29) is 23.9 Å². The van der Waals surface area contributed by atoms with Gasteiger partial charge in [0.05, 0.1) is 0 Å². The number of nitrogens with zero attached hydrogens (tertiary/aromatic N) is 1. The molecule has 19 heavy (non-hydrogen) atoms. The van der Waals surface area contributed by atoms with Crippen LogP contribution in [0.4, 0.5) is 5.69 Å². The molecule has 2 aliphatic heterocycles. The van der Waals surface area contributed by atoms with Crippen LogP contribution in [0.2, 0.25) is 0 Å². The molecule has 5 heteroatoms. The van der Waals surface area contributed by atoms with Gasteiger partial charge in [-0.3, -0.25) is 9.59 Å². The van der Waals surface area contributed by atoms with Crippen molar-refractivity contribution in [2.75, 3.05) is 18.9 Å². The first kappa shape index (κ1) is 12.0. The van der Waals surface area contributed by atoms with Crippen LogP contribution < -0.4 is 10.6 Å². The lowest BCUT2D eigenvalue weighted by molar-refractivity contribution is -0.132. The molecule has 0 aromatic heterocycles. The third kappa shape index (κ3) is 2.16. The van der Waals surface area contributed by atoms with E-state index in [0.29, 0.717) is 19.4 Å². The van der Waals surface area contributed by atoms with Gasteiger partial charge in [0.25, 0.3) is 0 Å². The first-order chi connectivity index (χ1) is 9.15. The van der Waals surface area contributed by atoms with Gasteiger partial charge in [-0.1, -0.05) is 18.2 Å². The number of nitrogens with one attached hydrogen (secondary N) is 2. The summed E-state index contributed by atoms with van der Waals surface area (Å²) in [5.74, 6) is -0.0892. The van der Waals surface area contributed by atoms with Crippen LogP contribution in [0, 0.1) is 0 Å². The molecule has 2 amide bonds. The summed E-state index contributed by atoms with van der Waals surface area (Å²) in [4.78, 5) is 25.6. The lowest BCUT2D eigenvalue weighted by Gasteiger charge is -2.16. The Balaban J connectivity index is 1.63. The molecule has 2 atom stereocenters. The van der Waals surface area contributed by atoms with Crippen molar-refractivity contribution in [1.29, 1.82) is 0 Å². The summed E-state index contributed by atoms with van der Waals surface area (Å²) in [5.41, 5.74) is 2.16. The monoisotopic (exact) mass is 259 g/mol. The van der Waals surface area contributed by atoms with Gasteiger partial charge in [-0.25, -0.2) is 0 Å². The zero-order chi connectivity index (χ0) is 13.4. The molecule has 1 aromatic rings. The highest BCUT2D eigenvalue weighted by Crippen LogP contribution is 2.25. The predicted octanol–water partition coefficient (Wildman–Crippen LogP) is 0.370. The van der Waals surface area contributed by atoms with Crippen LogP contribution in [0.15, 0.2) is 24.3 Å². The van der Waals surface area contributed by atoms with Crippen LogP contribution in [-0.4, -0.2) is 42.4 Å². The molecule has 0 saturated carbocycles. The molecule has 2 aliphatic rings. The third-order valence-electron chi connectivity index (χ3n) is 3.83. The van der Waals surface area contributed by atoms with Gasteiger partial charge in [0.2, 0.25) is 11.8 Å². The minimum Gasteiger partial charge on any atom is -0.373 e. The summed E-state index contributed by atoms with van der Waals surface area (Å²) in [7, 11) is 1.76. The zero-order valence-electron chi connectivity index (χ0n) is 10.8. The van der Waals surface area contributed by atoms with Crippen molar-refractivity contribution in [3.8, 4) is 0 Å². The molecular weight excluding hydrogens is 242 g/mol. The number of carbonyl (C=O) groups is 2. The van der Waals surface area contributed by atoms with Crippen LogP contribution in [0.25, 0.3) is 0 Å². The van der Waals surface area contributed by atoms with Gasteiger partial charge in [0.1, 0.15) is 12.1 Å². The minimum absolute atomic E-state index is 0.00358. The second kappa shape index (κ2) is 4.57. The van der Waals surface area contributed by atoms with E-state index < -0.39 is 0 Å². The SMILES string of the molecule is CN1CCC(NC(=O)[C@@H]2Cc3ccccc3N2)C1=O. The first-order valence-corrected chi connectivity index (χ1v) is 6.55. The molecule has 5 nitrogen and oxygen atoms in total. The second-order valence-corrected chi connectivity index (χ2v) is 5.17. The molecule has 100 valence electrons. The number of para-hydroxylation sites is 1. The average molecular weight is 259 g/mol. The van der Waals surface area contributed by atoms with E-state index >= 15 is 0 Å².